The van der Waals surface area contributed by atoms with Crippen molar-refractivity contribution in [1.82, 2.24) is 4.90 Å². The Hall–Kier alpha value is -1.55. The predicted octanol–water partition coefficient (Wildman–Crippen LogP) is 2.58. The summed E-state index contributed by atoms with van der Waals surface area (Å²) in [6, 6.07) is 7.48. The van der Waals surface area contributed by atoms with Gasteiger partial charge in [-0.05, 0) is 44.7 Å². The molecular formula is C16H23NO3. The maximum atomic E-state index is 12.2. The molecule has 0 aromatic heterocycles. The summed E-state index contributed by atoms with van der Waals surface area (Å²) in [5.74, 6) is 0.850. The summed E-state index contributed by atoms with van der Waals surface area (Å²) in [6.45, 7) is 5.26. The van der Waals surface area contributed by atoms with Crippen molar-refractivity contribution in [1.29, 1.82) is 0 Å². The molecule has 0 aliphatic carbocycles. The topological polar surface area (TPSA) is 38.8 Å². The molecule has 1 saturated heterocycles. The zero-order valence-electron chi connectivity index (χ0n) is 12.6. The Kier molecular flexibility index (Phi) is 4.65. The first-order valence-electron chi connectivity index (χ1n) is 7.06. The van der Waals surface area contributed by atoms with Crippen molar-refractivity contribution in [2.75, 3.05) is 20.7 Å². The highest BCUT2D eigenvalue weighted by Gasteiger charge is 2.31. The number of esters is 1. The SMILES string of the molecule is COc1ccc(C(=O)O[C@H]2C[C@H](C)N(C)C[C@H]2C)cc1. The minimum Gasteiger partial charge on any atom is -0.497 e. The number of rotatable bonds is 3. The molecule has 4 nitrogen and oxygen atoms in total. The van der Waals surface area contributed by atoms with Crippen LogP contribution < -0.4 is 4.74 Å². The molecule has 0 unspecified atom stereocenters. The lowest BCUT2D eigenvalue weighted by molar-refractivity contribution is -0.0196. The van der Waals surface area contributed by atoms with Gasteiger partial charge in [0.1, 0.15) is 11.9 Å². The Morgan fingerprint density at radius 3 is 2.50 bits per heavy atom. The Morgan fingerprint density at radius 2 is 1.90 bits per heavy atom. The summed E-state index contributed by atoms with van der Waals surface area (Å²) in [4.78, 5) is 14.5. The van der Waals surface area contributed by atoms with Crippen molar-refractivity contribution in [3.8, 4) is 5.75 Å². The van der Waals surface area contributed by atoms with Crippen molar-refractivity contribution >= 4 is 5.97 Å². The van der Waals surface area contributed by atoms with Crippen LogP contribution >= 0.6 is 0 Å². The van der Waals surface area contributed by atoms with E-state index < -0.39 is 0 Å². The van der Waals surface area contributed by atoms with E-state index in [1.54, 1.807) is 31.4 Å². The maximum Gasteiger partial charge on any atom is 0.338 e. The van der Waals surface area contributed by atoms with E-state index in [0.717, 1.165) is 18.7 Å². The van der Waals surface area contributed by atoms with Crippen LogP contribution in [0.2, 0.25) is 0 Å². The normalized spacial score (nSPS) is 27.1. The maximum absolute atomic E-state index is 12.2. The standard InChI is InChI=1S/C16H23NO3/c1-11-10-17(3)12(2)9-15(11)20-16(18)13-5-7-14(19-4)8-6-13/h5-8,11-12,15H,9-10H2,1-4H3/t11-,12+,15+/m1/s1. The van der Waals surface area contributed by atoms with Gasteiger partial charge in [0.05, 0.1) is 12.7 Å². The highest BCUT2D eigenvalue weighted by molar-refractivity contribution is 5.89. The van der Waals surface area contributed by atoms with Crippen molar-refractivity contribution in [2.24, 2.45) is 5.92 Å². The monoisotopic (exact) mass is 277 g/mol. The van der Waals surface area contributed by atoms with Gasteiger partial charge >= 0.3 is 5.97 Å². The van der Waals surface area contributed by atoms with Crippen LogP contribution in [0.15, 0.2) is 24.3 Å². The average Bonchev–Trinajstić information content (AvgIpc) is 2.44. The smallest absolute Gasteiger partial charge is 0.338 e. The number of ether oxygens (including phenoxy) is 2. The first-order chi connectivity index (χ1) is 9.51. The van der Waals surface area contributed by atoms with E-state index in [1.807, 2.05) is 0 Å². The van der Waals surface area contributed by atoms with Gasteiger partial charge in [-0.2, -0.15) is 0 Å². The molecule has 0 saturated carbocycles. The molecule has 1 fully saturated rings. The first kappa shape index (κ1) is 14.9. The number of likely N-dealkylation sites (tertiary alicyclic amines) is 1. The molecule has 0 spiro atoms. The second-order valence-corrected chi connectivity index (χ2v) is 5.67. The van der Waals surface area contributed by atoms with E-state index in [2.05, 4.69) is 25.8 Å². The molecule has 0 bridgehead atoms. The van der Waals surface area contributed by atoms with Crippen LogP contribution in [0.1, 0.15) is 30.6 Å². The molecule has 1 heterocycles. The lowest BCUT2D eigenvalue weighted by Gasteiger charge is -2.39. The number of carbonyl (C=O) groups is 1. The highest BCUT2D eigenvalue weighted by atomic mass is 16.5. The van der Waals surface area contributed by atoms with E-state index in [1.165, 1.54) is 0 Å². The minimum atomic E-state index is -0.249. The summed E-state index contributed by atoms with van der Waals surface area (Å²) in [5, 5.41) is 0. The fourth-order valence-corrected chi connectivity index (χ4v) is 2.60. The molecular weight excluding hydrogens is 254 g/mol. The van der Waals surface area contributed by atoms with Crippen molar-refractivity contribution in [3.63, 3.8) is 0 Å². The van der Waals surface area contributed by atoms with Crippen LogP contribution in [-0.2, 0) is 4.74 Å². The van der Waals surface area contributed by atoms with Crippen LogP contribution in [0.25, 0.3) is 0 Å². The summed E-state index contributed by atoms with van der Waals surface area (Å²) in [7, 11) is 3.72. The number of hydrogen-bond acceptors (Lipinski definition) is 4. The Morgan fingerprint density at radius 1 is 1.25 bits per heavy atom. The molecule has 1 aliphatic rings. The van der Waals surface area contributed by atoms with Crippen LogP contribution in [-0.4, -0.2) is 43.7 Å². The minimum absolute atomic E-state index is 0.00389. The number of benzene rings is 1. The fraction of sp³-hybridized carbons (Fsp3) is 0.562. The van der Waals surface area contributed by atoms with Crippen molar-refractivity contribution in [2.45, 2.75) is 32.4 Å². The van der Waals surface area contributed by atoms with Gasteiger partial charge in [0.25, 0.3) is 0 Å². The van der Waals surface area contributed by atoms with Gasteiger partial charge in [-0.3, -0.25) is 0 Å². The van der Waals surface area contributed by atoms with E-state index in [0.29, 0.717) is 17.5 Å². The molecule has 3 atom stereocenters. The van der Waals surface area contributed by atoms with Gasteiger partial charge in [-0.15, -0.1) is 0 Å². The van der Waals surface area contributed by atoms with Gasteiger partial charge < -0.3 is 14.4 Å². The van der Waals surface area contributed by atoms with E-state index in [9.17, 15) is 4.79 Å². The van der Waals surface area contributed by atoms with Crippen molar-refractivity contribution < 1.29 is 14.3 Å². The van der Waals surface area contributed by atoms with Gasteiger partial charge in [-0.25, -0.2) is 4.79 Å². The van der Waals surface area contributed by atoms with E-state index >= 15 is 0 Å². The number of piperidine rings is 1. The van der Waals surface area contributed by atoms with Crippen LogP contribution in [0.4, 0.5) is 0 Å². The molecule has 20 heavy (non-hydrogen) atoms. The second-order valence-electron chi connectivity index (χ2n) is 5.67. The molecule has 1 aromatic carbocycles. The molecule has 2 rings (SSSR count). The summed E-state index contributed by atoms with van der Waals surface area (Å²) in [6.07, 6.45) is 0.885. The van der Waals surface area contributed by atoms with Crippen LogP contribution in [0.5, 0.6) is 5.75 Å². The Labute approximate surface area is 120 Å². The third-order valence-electron chi connectivity index (χ3n) is 4.12. The molecule has 4 heteroatoms. The zero-order valence-corrected chi connectivity index (χ0v) is 12.6. The number of nitrogens with zero attached hydrogens (tertiary/aromatic N) is 1. The Bertz CT molecular complexity index is 457. The van der Waals surface area contributed by atoms with Crippen LogP contribution in [0.3, 0.4) is 0 Å². The third-order valence-corrected chi connectivity index (χ3v) is 4.12. The molecule has 1 aliphatic heterocycles. The quantitative estimate of drug-likeness (QED) is 0.796. The fourth-order valence-electron chi connectivity index (χ4n) is 2.60. The lowest BCUT2D eigenvalue weighted by atomic mass is 9.92. The summed E-state index contributed by atoms with van der Waals surface area (Å²) in [5.41, 5.74) is 0.574. The first-order valence-corrected chi connectivity index (χ1v) is 7.06. The number of carbonyl (C=O) groups excluding carboxylic acids is 1. The molecule has 110 valence electrons. The van der Waals surface area contributed by atoms with Gasteiger partial charge in [0, 0.05) is 18.5 Å². The van der Waals surface area contributed by atoms with Gasteiger partial charge in [0.2, 0.25) is 0 Å². The zero-order chi connectivity index (χ0) is 14.7. The van der Waals surface area contributed by atoms with Gasteiger partial charge in [-0.1, -0.05) is 6.92 Å². The van der Waals surface area contributed by atoms with E-state index in [-0.39, 0.29) is 12.1 Å². The summed E-state index contributed by atoms with van der Waals surface area (Å²) >= 11 is 0. The highest BCUT2D eigenvalue weighted by Crippen LogP contribution is 2.24. The lowest BCUT2D eigenvalue weighted by Crippen LogP contribution is -2.46. The molecule has 0 radical (unpaired) electrons. The third kappa shape index (κ3) is 3.31. The Balaban J connectivity index is 1.99. The van der Waals surface area contributed by atoms with Crippen LogP contribution in [0, 0.1) is 5.92 Å². The summed E-state index contributed by atoms with van der Waals surface area (Å²) < 4.78 is 10.8. The molecule has 0 N–H and O–H groups in total. The second kappa shape index (κ2) is 6.27. The number of hydrogen-bond donors (Lipinski definition) is 0. The predicted molar refractivity (Wildman–Crippen MR) is 78.1 cm³/mol. The largest absolute Gasteiger partial charge is 0.497 e. The number of methoxy groups -OCH3 is 1. The van der Waals surface area contributed by atoms with Gasteiger partial charge in [0.15, 0.2) is 0 Å². The van der Waals surface area contributed by atoms with Crippen molar-refractivity contribution in [3.05, 3.63) is 29.8 Å². The average molecular weight is 277 g/mol. The van der Waals surface area contributed by atoms with E-state index in [4.69, 9.17) is 9.47 Å². The molecule has 0 amide bonds. The molecule has 1 aromatic rings.